The van der Waals surface area contributed by atoms with Crippen LogP contribution in [0.2, 0.25) is 0 Å². The van der Waals surface area contributed by atoms with Crippen LogP contribution in [-0.4, -0.2) is 24.3 Å². The number of carbonyl (C=O) groups is 2. The highest BCUT2D eigenvalue weighted by Gasteiger charge is 2.32. The zero-order valence-corrected chi connectivity index (χ0v) is 13.6. The Labute approximate surface area is 140 Å². The van der Waals surface area contributed by atoms with E-state index in [9.17, 15) is 9.59 Å². The average Bonchev–Trinajstić information content (AvgIpc) is 2.92. The number of rotatable bonds is 2. The third-order valence-electron chi connectivity index (χ3n) is 4.68. The van der Waals surface area contributed by atoms with Crippen molar-refractivity contribution in [3.63, 3.8) is 0 Å². The van der Waals surface area contributed by atoms with Crippen LogP contribution in [0.3, 0.4) is 0 Å². The summed E-state index contributed by atoms with van der Waals surface area (Å²) >= 11 is 0. The lowest BCUT2D eigenvalue weighted by molar-refractivity contribution is 0.0899. The Morgan fingerprint density at radius 2 is 2.08 bits per heavy atom. The Bertz CT molecular complexity index is 821. The predicted molar refractivity (Wildman–Crippen MR) is 87.6 cm³/mol. The minimum absolute atomic E-state index is 0.00323. The largest absolute Gasteiger partial charge is 0.491 e. The summed E-state index contributed by atoms with van der Waals surface area (Å²) in [6.45, 7) is 2.17. The molecule has 0 radical (unpaired) electrons. The molecule has 5 nitrogen and oxygen atoms in total. The van der Waals surface area contributed by atoms with Crippen molar-refractivity contribution in [1.29, 1.82) is 0 Å². The van der Waals surface area contributed by atoms with E-state index >= 15 is 0 Å². The number of furan rings is 1. The van der Waals surface area contributed by atoms with Gasteiger partial charge in [-0.3, -0.25) is 9.59 Å². The summed E-state index contributed by atoms with van der Waals surface area (Å²) in [7, 11) is 0. The number of hydrogen-bond acceptors (Lipinski definition) is 4. The predicted octanol–water partition coefficient (Wildman–Crippen LogP) is 2.84. The number of para-hydroxylation sites is 1. The summed E-state index contributed by atoms with van der Waals surface area (Å²) < 4.78 is 11.4. The Morgan fingerprint density at radius 3 is 2.96 bits per heavy atom. The number of amides is 1. The van der Waals surface area contributed by atoms with E-state index in [2.05, 4.69) is 5.32 Å². The molecule has 5 heteroatoms. The van der Waals surface area contributed by atoms with Crippen LogP contribution in [-0.2, 0) is 12.8 Å². The summed E-state index contributed by atoms with van der Waals surface area (Å²) in [6, 6.07) is 7.72. The number of hydrogen-bond donors (Lipinski definition) is 1. The number of Topliss-reactive ketones (excluding diaryl/α,β-unsaturated/α-hetero) is 1. The van der Waals surface area contributed by atoms with Crippen molar-refractivity contribution in [2.75, 3.05) is 6.61 Å². The van der Waals surface area contributed by atoms with Crippen molar-refractivity contribution < 1.29 is 18.7 Å². The second-order valence-corrected chi connectivity index (χ2v) is 6.40. The van der Waals surface area contributed by atoms with Gasteiger partial charge in [-0.2, -0.15) is 0 Å². The van der Waals surface area contributed by atoms with Gasteiger partial charge in [0.25, 0.3) is 5.91 Å². The molecule has 0 spiro atoms. The molecule has 0 saturated carbocycles. The van der Waals surface area contributed by atoms with E-state index in [0.29, 0.717) is 35.7 Å². The van der Waals surface area contributed by atoms with Crippen molar-refractivity contribution in [2.45, 2.75) is 38.6 Å². The Balaban J connectivity index is 1.56. The highest BCUT2D eigenvalue weighted by molar-refractivity contribution is 6.10. The zero-order chi connectivity index (χ0) is 16.7. The molecule has 1 atom stereocenters. The van der Waals surface area contributed by atoms with Crippen LogP contribution in [0.15, 0.2) is 28.7 Å². The standard InChI is InChI=1S/C19H19NO4/c1-11-17(18-14(21)6-4-8-16(18)24-11)19(22)20-13-9-12-5-2-3-7-15(12)23-10-13/h2-3,5,7,13H,4,6,8-10H2,1H3,(H,20,22)/t13-/m0/s1. The highest BCUT2D eigenvalue weighted by atomic mass is 16.5. The number of ether oxygens (including phenoxy) is 1. The van der Waals surface area contributed by atoms with E-state index in [1.807, 2.05) is 24.3 Å². The van der Waals surface area contributed by atoms with Crippen molar-refractivity contribution >= 4 is 11.7 Å². The lowest BCUT2D eigenvalue weighted by Crippen LogP contribution is -2.43. The maximum absolute atomic E-state index is 12.7. The average molecular weight is 325 g/mol. The van der Waals surface area contributed by atoms with Crippen LogP contribution in [0.1, 0.15) is 50.6 Å². The molecule has 1 aromatic heterocycles. The molecule has 0 bridgehead atoms. The van der Waals surface area contributed by atoms with Crippen molar-refractivity contribution in [2.24, 2.45) is 0 Å². The molecule has 2 heterocycles. The van der Waals surface area contributed by atoms with Gasteiger partial charge in [0.2, 0.25) is 0 Å². The summed E-state index contributed by atoms with van der Waals surface area (Å²) in [5, 5.41) is 3.00. The fraction of sp³-hybridized carbons (Fsp3) is 0.368. The second kappa shape index (κ2) is 5.82. The highest BCUT2D eigenvalue weighted by Crippen LogP contribution is 2.30. The van der Waals surface area contributed by atoms with Gasteiger partial charge < -0.3 is 14.5 Å². The summed E-state index contributed by atoms with van der Waals surface area (Å²) in [4.78, 5) is 25.0. The smallest absolute Gasteiger partial charge is 0.255 e. The van der Waals surface area contributed by atoms with Crippen LogP contribution in [0.4, 0.5) is 0 Å². The third kappa shape index (κ3) is 2.50. The van der Waals surface area contributed by atoms with E-state index < -0.39 is 0 Å². The SMILES string of the molecule is Cc1oc2c(c1C(=O)N[C@@H]1COc3ccccc3C1)C(=O)CCC2. The molecule has 1 aliphatic carbocycles. The Kier molecular flexibility index (Phi) is 3.63. The van der Waals surface area contributed by atoms with E-state index in [4.69, 9.17) is 9.15 Å². The minimum Gasteiger partial charge on any atom is -0.491 e. The monoisotopic (exact) mass is 325 g/mol. The van der Waals surface area contributed by atoms with Gasteiger partial charge in [0.05, 0.1) is 17.2 Å². The van der Waals surface area contributed by atoms with Gasteiger partial charge in [-0.15, -0.1) is 0 Å². The molecule has 0 unspecified atom stereocenters. The topological polar surface area (TPSA) is 68.5 Å². The van der Waals surface area contributed by atoms with Gasteiger partial charge >= 0.3 is 0 Å². The molecule has 1 aromatic carbocycles. The van der Waals surface area contributed by atoms with E-state index in [1.54, 1.807) is 6.92 Å². The van der Waals surface area contributed by atoms with Crippen LogP contribution < -0.4 is 10.1 Å². The zero-order valence-electron chi connectivity index (χ0n) is 13.6. The first kappa shape index (κ1) is 15.0. The van der Waals surface area contributed by atoms with E-state index in [0.717, 1.165) is 30.6 Å². The summed E-state index contributed by atoms with van der Waals surface area (Å²) in [6.07, 6.45) is 2.70. The van der Waals surface area contributed by atoms with Gasteiger partial charge in [-0.1, -0.05) is 18.2 Å². The first-order valence-electron chi connectivity index (χ1n) is 8.30. The van der Waals surface area contributed by atoms with Crippen molar-refractivity contribution in [3.8, 4) is 5.75 Å². The first-order chi connectivity index (χ1) is 11.6. The fourth-order valence-corrected chi connectivity index (χ4v) is 3.56. The lowest BCUT2D eigenvalue weighted by atomic mass is 9.93. The number of ketones is 1. The number of fused-ring (bicyclic) bond motifs is 2. The molecule has 124 valence electrons. The van der Waals surface area contributed by atoms with Gasteiger partial charge in [0.1, 0.15) is 23.9 Å². The van der Waals surface area contributed by atoms with Gasteiger partial charge in [0, 0.05) is 12.8 Å². The van der Waals surface area contributed by atoms with Crippen molar-refractivity contribution in [1.82, 2.24) is 5.32 Å². The van der Waals surface area contributed by atoms with Crippen LogP contribution in [0.5, 0.6) is 5.75 Å². The molecule has 1 amide bonds. The lowest BCUT2D eigenvalue weighted by Gasteiger charge is -2.26. The summed E-state index contributed by atoms with van der Waals surface area (Å²) in [5.41, 5.74) is 1.96. The number of aryl methyl sites for hydroxylation is 2. The van der Waals surface area contributed by atoms with E-state index in [-0.39, 0.29) is 17.7 Å². The Morgan fingerprint density at radius 1 is 1.25 bits per heavy atom. The molecular weight excluding hydrogens is 306 g/mol. The number of carbonyl (C=O) groups excluding carboxylic acids is 2. The number of nitrogens with one attached hydrogen (secondary N) is 1. The maximum Gasteiger partial charge on any atom is 0.255 e. The van der Waals surface area contributed by atoms with Gasteiger partial charge in [-0.05, 0) is 31.4 Å². The minimum atomic E-state index is -0.249. The fourth-order valence-electron chi connectivity index (χ4n) is 3.56. The summed E-state index contributed by atoms with van der Waals surface area (Å²) in [5.74, 6) is 1.79. The molecule has 0 fully saturated rings. The molecule has 2 aliphatic rings. The number of benzene rings is 1. The van der Waals surface area contributed by atoms with Crippen LogP contribution >= 0.6 is 0 Å². The first-order valence-corrected chi connectivity index (χ1v) is 8.30. The molecule has 2 aromatic rings. The molecule has 0 saturated heterocycles. The quantitative estimate of drug-likeness (QED) is 0.922. The van der Waals surface area contributed by atoms with Crippen LogP contribution in [0, 0.1) is 6.92 Å². The Hall–Kier alpha value is -2.56. The third-order valence-corrected chi connectivity index (χ3v) is 4.68. The van der Waals surface area contributed by atoms with E-state index in [1.165, 1.54) is 0 Å². The molecule has 24 heavy (non-hydrogen) atoms. The van der Waals surface area contributed by atoms with Crippen LogP contribution in [0.25, 0.3) is 0 Å². The second-order valence-electron chi connectivity index (χ2n) is 6.40. The maximum atomic E-state index is 12.7. The van der Waals surface area contributed by atoms with Crippen molar-refractivity contribution in [3.05, 3.63) is 52.5 Å². The molecule has 4 rings (SSSR count). The molecule has 1 N–H and O–H groups in total. The normalized spacial score (nSPS) is 19.2. The van der Waals surface area contributed by atoms with Gasteiger partial charge in [0.15, 0.2) is 5.78 Å². The van der Waals surface area contributed by atoms with Gasteiger partial charge in [-0.25, -0.2) is 0 Å². The molecule has 1 aliphatic heterocycles. The molecular formula is C19H19NO4.